The number of nitrogens with one attached hydrogen (secondary N) is 1. The molecular formula is C15H12IN5O4. The first-order chi connectivity index (χ1) is 12.0. The van der Waals surface area contributed by atoms with E-state index in [1.165, 1.54) is 10.9 Å². The third-order valence-corrected chi connectivity index (χ3v) is 3.91. The average Bonchev–Trinajstić information content (AvgIpc) is 2.97. The second-order valence-corrected chi connectivity index (χ2v) is 5.98. The van der Waals surface area contributed by atoms with E-state index in [1.54, 1.807) is 0 Å². The van der Waals surface area contributed by atoms with Gasteiger partial charge in [0.25, 0.3) is 0 Å². The largest absolute Gasteiger partial charge is 0.480 e. The van der Waals surface area contributed by atoms with Crippen molar-refractivity contribution in [2.45, 2.75) is 13.2 Å². The molecule has 0 saturated heterocycles. The van der Waals surface area contributed by atoms with Gasteiger partial charge in [-0.3, -0.25) is 10.1 Å². The van der Waals surface area contributed by atoms with E-state index in [9.17, 15) is 9.59 Å². The second kappa shape index (κ2) is 7.42. The molecule has 3 rings (SSSR count). The van der Waals surface area contributed by atoms with Crippen LogP contribution >= 0.6 is 22.6 Å². The highest BCUT2D eigenvalue weighted by atomic mass is 127. The molecule has 0 aliphatic rings. The molecule has 2 N–H and O–H groups in total. The lowest BCUT2D eigenvalue weighted by molar-refractivity contribution is -0.137. The van der Waals surface area contributed by atoms with Crippen LogP contribution < -0.4 is 5.32 Å². The fraction of sp³-hybridized carbons (Fsp3) is 0.133. The summed E-state index contributed by atoms with van der Waals surface area (Å²) in [6.07, 6.45) is 0.663. The summed E-state index contributed by atoms with van der Waals surface area (Å²) in [6.45, 7) is -0.176. The number of nitrogens with zero attached hydrogens (tertiary/aromatic N) is 4. The summed E-state index contributed by atoms with van der Waals surface area (Å²) in [4.78, 5) is 35.2. The van der Waals surface area contributed by atoms with E-state index in [4.69, 9.17) is 9.84 Å². The molecule has 2 aromatic heterocycles. The zero-order chi connectivity index (χ0) is 17.8. The first-order valence-corrected chi connectivity index (χ1v) is 8.18. The van der Waals surface area contributed by atoms with E-state index in [2.05, 4.69) is 20.3 Å². The number of carbonyl (C=O) groups excluding carboxylic acids is 1. The third-order valence-electron chi connectivity index (χ3n) is 3.15. The lowest BCUT2D eigenvalue weighted by atomic mass is 10.2. The van der Waals surface area contributed by atoms with Gasteiger partial charge in [0.2, 0.25) is 5.95 Å². The number of imidazole rings is 1. The number of carbonyl (C=O) groups is 2. The maximum absolute atomic E-state index is 11.9. The van der Waals surface area contributed by atoms with Gasteiger partial charge in [-0.05, 0) is 28.2 Å². The van der Waals surface area contributed by atoms with Gasteiger partial charge in [-0.1, -0.05) is 30.3 Å². The normalized spacial score (nSPS) is 10.6. The molecule has 1 amide bonds. The first kappa shape index (κ1) is 17.1. The van der Waals surface area contributed by atoms with Crippen molar-refractivity contribution in [2.75, 3.05) is 5.32 Å². The molecule has 0 atom stereocenters. The van der Waals surface area contributed by atoms with Gasteiger partial charge in [-0.2, -0.15) is 4.98 Å². The molecule has 0 fully saturated rings. The van der Waals surface area contributed by atoms with Crippen molar-refractivity contribution < 1.29 is 19.4 Å². The van der Waals surface area contributed by atoms with Crippen LogP contribution in [0.2, 0.25) is 0 Å². The maximum atomic E-state index is 11.9. The molecular weight excluding hydrogens is 441 g/mol. The predicted molar refractivity (Wildman–Crippen MR) is 95.9 cm³/mol. The minimum atomic E-state index is -1.02. The predicted octanol–water partition coefficient (Wildman–Crippen LogP) is 2.26. The molecule has 0 radical (unpaired) electrons. The van der Waals surface area contributed by atoms with Gasteiger partial charge in [0, 0.05) is 0 Å². The highest BCUT2D eigenvalue weighted by molar-refractivity contribution is 14.1. The van der Waals surface area contributed by atoms with Gasteiger partial charge in [-0.15, -0.1) is 0 Å². The third kappa shape index (κ3) is 4.21. The Kier molecular flexibility index (Phi) is 5.07. The highest BCUT2D eigenvalue weighted by Gasteiger charge is 2.15. The van der Waals surface area contributed by atoms with Gasteiger partial charge in [-0.25, -0.2) is 14.8 Å². The number of ether oxygens (including phenoxy) is 1. The van der Waals surface area contributed by atoms with Crippen molar-refractivity contribution in [1.82, 2.24) is 19.5 Å². The number of carboxylic acids is 1. The van der Waals surface area contributed by atoms with Crippen molar-refractivity contribution >= 4 is 51.8 Å². The van der Waals surface area contributed by atoms with E-state index in [1.807, 2.05) is 52.9 Å². The Morgan fingerprint density at radius 2 is 2.00 bits per heavy atom. The number of halogens is 1. The van der Waals surface area contributed by atoms with E-state index < -0.39 is 12.1 Å². The van der Waals surface area contributed by atoms with Crippen molar-refractivity contribution in [3.05, 3.63) is 45.9 Å². The molecule has 0 saturated carbocycles. The van der Waals surface area contributed by atoms with Gasteiger partial charge in [0.05, 0.1) is 6.33 Å². The number of rotatable bonds is 5. The molecule has 0 aliphatic carbocycles. The molecule has 25 heavy (non-hydrogen) atoms. The molecule has 0 spiro atoms. The zero-order valence-electron chi connectivity index (χ0n) is 12.7. The van der Waals surface area contributed by atoms with Crippen LogP contribution in [0, 0.1) is 3.70 Å². The summed E-state index contributed by atoms with van der Waals surface area (Å²) in [6, 6.07) is 9.24. The molecule has 0 unspecified atom stereocenters. The van der Waals surface area contributed by atoms with Crippen LogP contribution in [0.5, 0.6) is 0 Å². The topological polar surface area (TPSA) is 119 Å². The fourth-order valence-corrected chi connectivity index (χ4v) is 2.69. The number of benzene rings is 1. The van der Waals surface area contributed by atoms with E-state index >= 15 is 0 Å². The molecule has 2 heterocycles. The lowest BCUT2D eigenvalue weighted by Crippen LogP contribution is -2.16. The van der Waals surface area contributed by atoms with Crippen LogP contribution in [-0.2, 0) is 22.7 Å². The van der Waals surface area contributed by atoms with Crippen molar-refractivity contribution in [3.63, 3.8) is 0 Å². The number of aromatic nitrogens is 4. The Morgan fingerprint density at radius 3 is 2.72 bits per heavy atom. The van der Waals surface area contributed by atoms with Crippen LogP contribution in [0.4, 0.5) is 10.7 Å². The highest BCUT2D eigenvalue weighted by Crippen LogP contribution is 2.18. The van der Waals surface area contributed by atoms with Crippen LogP contribution in [-0.4, -0.2) is 36.7 Å². The van der Waals surface area contributed by atoms with Gasteiger partial charge in [0.15, 0.2) is 5.65 Å². The molecule has 9 nitrogen and oxygen atoms in total. The van der Waals surface area contributed by atoms with Gasteiger partial charge >= 0.3 is 12.1 Å². The van der Waals surface area contributed by atoms with E-state index in [0.29, 0.717) is 14.9 Å². The number of hydrogen-bond donors (Lipinski definition) is 2. The Labute approximate surface area is 155 Å². The van der Waals surface area contributed by atoms with Crippen LogP contribution in [0.25, 0.3) is 11.2 Å². The van der Waals surface area contributed by atoms with Crippen molar-refractivity contribution in [1.29, 1.82) is 0 Å². The summed E-state index contributed by atoms with van der Waals surface area (Å²) in [5, 5.41) is 11.4. The van der Waals surface area contributed by atoms with Crippen LogP contribution in [0.3, 0.4) is 0 Å². The molecule has 3 aromatic rings. The Morgan fingerprint density at radius 1 is 1.24 bits per heavy atom. The number of aliphatic carboxylic acids is 1. The Balaban J connectivity index is 1.74. The summed E-state index contributed by atoms with van der Waals surface area (Å²) < 4.78 is 6.97. The molecule has 0 aliphatic heterocycles. The number of hydrogen-bond acceptors (Lipinski definition) is 6. The van der Waals surface area contributed by atoms with Crippen LogP contribution in [0.1, 0.15) is 5.56 Å². The standard InChI is InChI=1S/C15H12IN5O4/c16-12-11-13(21(8-17-11)6-10(22)23)19-14(18-12)20-15(24)25-7-9-4-2-1-3-5-9/h1-5,8H,6-7H2,(H,22,23)(H,18,19,20,24). The minimum absolute atomic E-state index is 0.0158. The van der Waals surface area contributed by atoms with E-state index in [0.717, 1.165) is 5.56 Å². The Hall–Kier alpha value is -2.76. The monoisotopic (exact) mass is 453 g/mol. The lowest BCUT2D eigenvalue weighted by Gasteiger charge is -2.07. The summed E-state index contributed by atoms with van der Waals surface area (Å²) >= 11 is 1.94. The van der Waals surface area contributed by atoms with E-state index in [-0.39, 0.29) is 19.1 Å². The smallest absolute Gasteiger partial charge is 0.414 e. The molecule has 128 valence electrons. The fourth-order valence-electron chi connectivity index (χ4n) is 2.08. The van der Waals surface area contributed by atoms with Gasteiger partial charge < -0.3 is 14.4 Å². The van der Waals surface area contributed by atoms with Crippen LogP contribution in [0.15, 0.2) is 36.7 Å². The van der Waals surface area contributed by atoms with Crippen molar-refractivity contribution in [2.24, 2.45) is 0 Å². The van der Waals surface area contributed by atoms with Gasteiger partial charge in [0.1, 0.15) is 22.4 Å². The van der Waals surface area contributed by atoms with Crippen molar-refractivity contribution in [3.8, 4) is 0 Å². The average molecular weight is 453 g/mol. The summed E-state index contributed by atoms with van der Waals surface area (Å²) in [7, 11) is 0. The number of anilines is 1. The minimum Gasteiger partial charge on any atom is -0.480 e. The zero-order valence-corrected chi connectivity index (χ0v) is 14.9. The number of fused-ring (bicyclic) bond motifs is 1. The molecule has 10 heteroatoms. The maximum Gasteiger partial charge on any atom is 0.414 e. The number of amides is 1. The quantitative estimate of drug-likeness (QED) is 0.449. The molecule has 1 aromatic carbocycles. The summed E-state index contributed by atoms with van der Waals surface area (Å²) in [5.41, 5.74) is 1.63. The summed E-state index contributed by atoms with van der Waals surface area (Å²) in [5.74, 6) is -1.01. The number of carboxylic acid groups (broad SMARTS) is 1. The second-order valence-electron chi connectivity index (χ2n) is 4.96. The Bertz CT molecular complexity index is 928. The molecule has 0 bridgehead atoms. The first-order valence-electron chi connectivity index (χ1n) is 7.11. The SMILES string of the molecule is O=C(O)Cn1cnc2c(I)nc(NC(=O)OCc3ccccc3)nc21.